The number of carbonyl (C=O) groups excluding carboxylic acids is 1. The van der Waals surface area contributed by atoms with Gasteiger partial charge in [0.2, 0.25) is 0 Å². The Labute approximate surface area is 115 Å². The van der Waals surface area contributed by atoms with Gasteiger partial charge in [0.05, 0.1) is 11.4 Å². The van der Waals surface area contributed by atoms with Crippen LogP contribution in [0, 0.1) is 0 Å². The van der Waals surface area contributed by atoms with Gasteiger partial charge in [-0.2, -0.15) is 0 Å². The summed E-state index contributed by atoms with van der Waals surface area (Å²) in [6.45, 7) is 4.36. The molecule has 0 heterocycles. The van der Waals surface area contributed by atoms with E-state index in [9.17, 15) is 4.79 Å². The highest BCUT2D eigenvalue weighted by Gasteiger charge is 2.08. The number of rotatable bonds is 7. The highest BCUT2D eigenvalue weighted by Crippen LogP contribution is 2.21. The summed E-state index contributed by atoms with van der Waals surface area (Å²) >= 11 is 0. The van der Waals surface area contributed by atoms with Crippen LogP contribution in [0.25, 0.3) is 0 Å². The van der Waals surface area contributed by atoms with Crippen molar-refractivity contribution in [1.29, 1.82) is 0 Å². The molecule has 1 aromatic carbocycles. The third kappa shape index (κ3) is 4.81. The molecule has 4 nitrogen and oxygen atoms in total. The number of unbranched alkanes of at least 4 members (excludes halogenated alkanes) is 2. The van der Waals surface area contributed by atoms with Crippen molar-refractivity contribution in [3.63, 3.8) is 0 Å². The molecular weight excluding hydrogens is 238 g/mol. The molecule has 0 aliphatic heterocycles. The lowest BCUT2D eigenvalue weighted by Crippen LogP contribution is -2.19. The average Bonchev–Trinajstić information content (AvgIpc) is 2.40. The zero-order valence-corrected chi connectivity index (χ0v) is 12.1. The number of carbonyl (C=O) groups is 1. The molecule has 0 spiro atoms. The van der Waals surface area contributed by atoms with Gasteiger partial charge in [0, 0.05) is 18.7 Å². The van der Waals surface area contributed by atoms with E-state index in [1.165, 1.54) is 19.3 Å². The maximum atomic E-state index is 11.5. The van der Waals surface area contributed by atoms with E-state index in [0.29, 0.717) is 17.3 Å². The summed E-state index contributed by atoms with van der Waals surface area (Å²) in [4.78, 5) is 11.5. The first-order chi connectivity index (χ1) is 9.08. The Bertz CT molecular complexity index is 418. The highest BCUT2D eigenvalue weighted by molar-refractivity contribution is 5.95. The summed E-state index contributed by atoms with van der Waals surface area (Å²) < 4.78 is 0. The number of anilines is 2. The van der Waals surface area contributed by atoms with E-state index in [1.54, 1.807) is 19.2 Å². The summed E-state index contributed by atoms with van der Waals surface area (Å²) in [5.74, 6) is -0.116. The van der Waals surface area contributed by atoms with E-state index >= 15 is 0 Å². The van der Waals surface area contributed by atoms with Crippen LogP contribution < -0.4 is 16.4 Å². The van der Waals surface area contributed by atoms with Gasteiger partial charge in [0.15, 0.2) is 0 Å². The van der Waals surface area contributed by atoms with E-state index in [2.05, 4.69) is 24.5 Å². The second kappa shape index (κ2) is 7.67. The van der Waals surface area contributed by atoms with E-state index in [0.717, 1.165) is 12.1 Å². The molecule has 0 bridgehead atoms. The van der Waals surface area contributed by atoms with Crippen molar-refractivity contribution < 1.29 is 4.79 Å². The molecule has 0 saturated heterocycles. The number of hydrogen-bond donors (Lipinski definition) is 3. The van der Waals surface area contributed by atoms with Crippen molar-refractivity contribution in [3.05, 3.63) is 23.8 Å². The van der Waals surface area contributed by atoms with Gasteiger partial charge in [0.25, 0.3) is 5.91 Å². The molecule has 1 amide bonds. The predicted octanol–water partition coefficient (Wildman–Crippen LogP) is 3.01. The molecule has 4 N–H and O–H groups in total. The quantitative estimate of drug-likeness (QED) is 0.523. The highest BCUT2D eigenvalue weighted by atomic mass is 16.1. The number of nitrogens with one attached hydrogen (secondary N) is 2. The molecule has 4 heteroatoms. The first-order valence-corrected chi connectivity index (χ1v) is 6.96. The van der Waals surface area contributed by atoms with Gasteiger partial charge in [-0.25, -0.2) is 0 Å². The third-order valence-corrected chi connectivity index (χ3v) is 3.18. The van der Waals surface area contributed by atoms with E-state index in [4.69, 9.17) is 5.73 Å². The van der Waals surface area contributed by atoms with Gasteiger partial charge in [0.1, 0.15) is 0 Å². The lowest BCUT2D eigenvalue weighted by molar-refractivity contribution is 0.0963. The summed E-state index contributed by atoms with van der Waals surface area (Å²) in [6, 6.07) is 5.76. The summed E-state index contributed by atoms with van der Waals surface area (Å²) in [5.41, 5.74) is 8.08. The Morgan fingerprint density at radius 3 is 2.68 bits per heavy atom. The van der Waals surface area contributed by atoms with Gasteiger partial charge < -0.3 is 16.4 Å². The van der Waals surface area contributed by atoms with Crippen LogP contribution in [0.2, 0.25) is 0 Å². The summed E-state index contributed by atoms with van der Waals surface area (Å²) in [5, 5.41) is 5.98. The molecule has 1 aromatic rings. The molecule has 0 aliphatic rings. The van der Waals surface area contributed by atoms with Crippen LogP contribution in [0.3, 0.4) is 0 Å². The average molecular weight is 263 g/mol. The maximum absolute atomic E-state index is 11.5. The lowest BCUT2D eigenvalue weighted by Gasteiger charge is -2.17. The summed E-state index contributed by atoms with van der Waals surface area (Å²) in [6.07, 6.45) is 4.85. The molecule has 0 aromatic heterocycles. The molecule has 19 heavy (non-hydrogen) atoms. The number of nitrogens with two attached hydrogens (primary N) is 1. The minimum Gasteiger partial charge on any atom is -0.397 e. The van der Waals surface area contributed by atoms with E-state index < -0.39 is 0 Å². The first kappa shape index (κ1) is 15.3. The molecule has 106 valence electrons. The number of amides is 1. The van der Waals surface area contributed by atoms with Crippen molar-refractivity contribution in [2.24, 2.45) is 0 Å². The molecule has 1 unspecified atom stereocenters. The van der Waals surface area contributed by atoms with Crippen LogP contribution in [0.15, 0.2) is 18.2 Å². The molecule has 1 atom stereocenters. The fourth-order valence-corrected chi connectivity index (χ4v) is 2.02. The van der Waals surface area contributed by atoms with Crippen LogP contribution >= 0.6 is 0 Å². The second-order valence-electron chi connectivity index (χ2n) is 4.92. The minimum atomic E-state index is -0.116. The number of nitrogen functional groups attached to an aromatic ring is 1. The van der Waals surface area contributed by atoms with Gasteiger partial charge in [-0.3, -0.25) is 4.79 Å². The Hall–Kier alpha value is -1.71. The minimum absolute atomic E-state index is 0.116. The second-order valence-corrected chi connectivity index (χ2v) is 4.92. The maximum Gasteiger partial charge on any atom is 0.251 e. The number of benzene rings is 1. The van der Waals surface area contributed by atoms with Crippen LogP contribution in [0.1, 0.15) is 49.9 Å². The van der Waals surface area contributed by atoms with Crippen molar-refractivity contribution in [1.82, 2.24) is 5.32 Å². The first-order valence-electron chi connectivity index (χ1n) is 6.96. The Balaban J connectivity index is 2.61. The third-order valence-electron chi connectivity index (χ3n) is 3.18. The predicted molar refractivity (Wildman–Crippen MR) is 81.5 cm³/mol. The molecule has 0 fully saturated rings. The van der Waals surface area contributed by atoms with Crippen molar-refractivity contribution in [2.75, 3.05) is 18.1 Å². The normalized spacial score (nSPS) is 11.9. The molecule has 0 radical (unpaired) electrons. The van der Waals surface area contributed by atoms with E-state index in [1.807, 2.05) is 6.07 Å². The fourth-order valence-electron chi connectivity index (χ4n) is 2.02. The van der Waals surface area contributed by atoms with Gasteiger partial charge in [-0.05, 0) is 31.5 Å². The van der Waals surface area contributed by atoms with Gasteiger partial charge >= 0.3 is 0 Å². The van der Waals surface area contributed by atoms with Crippen molar-refractivity contribution in [3.8, 4) is 0 Å². The Morgan fingerprint density at radius 1 is 1.37 bits per heavy atom. The molecule has 0 saturated carbocycles. The molecule has 0 aliphatic carbocycles. The Kier molecular flexibility index (Phi) is 6.19. The van der Waals surface area contributed by atoms with Gasteiger partial charge in [-0.1, -0.05) is 26.2 Å². The zero-order chi connectivity index (χ0) is 14.3. The molecule has 1 rings (SSSR count). The summed E-state index contributed by atoms with van der Waals surface area (Å²) in [7, 11) is 1.61. The monoisotopic (exact) mass is 263 g/mol. The standard InChI is InChI=1S/C15H25N3O/c1-4-5-6-7-11(2)18-14-9-8-12(10-13(14)16)15(19)17-3/h8-11,18H,4-7,16H2,1-3H3,(H,17,19). The fraction of sp³-hybridized carbons (Fsp3) is 0.533. The van der Waals surface area contributed by atoms with Crippen molar-refractivity contribution >= 4 is 17.3 Å². The Morgan fingerprint density at radius 2 is 2.11 bits per heavy atom. The zero-order valence-electron chi connectivity index (χ0n) is 12.1. The van der Waals surface area contributed by atoms with Crippen LogP contribution in [0.5, 0.6) is 0 Å². The SMILES string of the molecule is CCCCCC(C)Nc1ccc(C(=O)NC)cc1N. The lowest BCUT2D eigenvalue weighted by atomic mass is 10.1. The van der Waals surface area contributed by atoms with E-state index in [-0.39, 0.29) is 5.91 Å². The van der Waals surface area contributed by atoms with Crippen molar-refractivity contribution in [2.45, 2.75) is 45.6 Å². The van der Waals surface area contributed by atoms with Gasteiger partial charge in [-0.15, -0.1) is 0 Å². The topological polar surface area (TPSA) is 67.2 Å². The van der Waals surface area contributed by atoms with Crippen LogP contribution in [-0.2, 0) is 0 Å². The van der Waals surface area contributed by atoms with Crippen LogP contribution in [-0.4, -0.2) is 19.0 Å². The molecular formula is C15H25N3O. The largest absolute Gasteiger partial charge is 0.397 e. The number of hydrogen-bond acceptors (Lipinski definition) is 3. The van der Waals surface area contributed by atoms with Crippen LogP contribution in [0.4, 0.5) is 11.4 Å². The smallest absolute Gasteiger partial charge is 0.251 e.